The second-order valence-corrected chi connectivity index (χ2v) is 7.84. The number of carbonyl (C=O) groups excluding carboxylic acids is 1. The van der Waals surface area contributed by atoms with Crippen LogP contribution in [0.15, 0.2) is 47.5 Å². The standard InChI is InChI=1S/C21H22N4O2/c1-21(2,3)20-23-10-16-12-25(9-8-17(16)24-20)19(26)15-6-4-14(5-7-15)18-11-22-13-27-18/h4-7,10-11,13H,8-9,12H2,1-3H3. The summed E-state index contributed by atoms with van der Waals surface area (Å²) in [5, 5.41) is 0. The molecule has 1 aromatic carbocycles. The fourth-order valence-corrected chi connectivity index (χ4v) is 3.17. The normalized spacial score (nSPS) is 14.1. The third-order valence-electron chi connectivity index (χ3n) is 4.74. The van der Waals surface area contributed by atoms with Gasteiger partial charge in [-0.1, -0.05) is 32.9 Å². The van der Waals surface area contributed by atoms with E-state index in [9.17, 15) is 4.79 Å². The van der Waals surface area contributed by atoms with Crippen LogP contribution >= 0.6 is 0 Å². The van der Waals surface area contributed by atoms with E-state index >= 15 is 0 Å². The first-order valence-corrected chi connectivity index (χ1v) is 9.05. The number of aromatic nitrogens is 3. The van der Waals surface area contributed by atoms with Crippen LogP contribution in [0.3, 0.4) is 0 Å². The molecule has 0 radical (unpaired) electrons. The Labute approximate surface area is 158 Å². The molecular weight excluding hydrogens is 340 g/mol. The molecule has 0 aliphatic carbocycles. The zero-order valence-corrected chi connectivity index (χ0v) is 15.8. The summed E-state index contributed by atoms with van der Waals surface area (Å²) >= 11 is 0. The Hall–Kier alpha value is -3.02. The van der Waals surface area contributed by atoms with E-state index in [2.05, 4.69) is 30.7 Å². The van der Waals surface area contributed by atoms with Crippen LogP contribution in [0.5, 0.6) is 0 Å². The van der Waals surface area contributed by atoms with Gasteiger partial charge in [0.05, 0.1) is 11.9 Å². The zero-order chi connectivity index (χ0) is 19.0. The van der Waals surface area contributed by atoms with Gasteiger partial charge in [-0.3, -0.25) is 4.79 Å². The number of hydrogen-bond donors (Lipinski definition) is 0. The summed E-state index contributed by atoms with van der Waals surface area (Å²) in [5.41, 5.74) is 3.57. The van der Waals surface area contributed by atoms with Crippen molar-refractivity contribution in [1.82, 2.24) is 19.9 Å². The summed E-state index contributed by atoms with van der Waals surface area (Å²) in [6.45, 7) is 7.53. The number of hydrogen-bond acceptors (Lipinski definition) is 5. The molecular formula is C21H22N4O2. The summed E-state index contributed by atoms with van der Waals surface area (Å²) in [4.78, 5) is 27.9. The highest BCUT2D eigenvalue weighted by Crippen LogP contribution is 2.24. The predicted octanol–water partition coefficient (Wildman–Crippen LogP) is 3.63. The van der Waals surface area contributed by atoms with Crippen LogP contribution in [0.4, 0.5) is 0 Å². The number of amides is 1. The SMILES string of the molecule is CC(C)(C)c1ncc2c(n1)CCN(C(=O)c1ccc(-c3cnco3)cc1)C2. The van der Waals surface area contributed by atoms with Crippen molar-refractivity contribution in [3.8, 4) is 11.3 Å². The van der Waals surface area contributed by atoms with Crippen molar-refractivity contribution in [2.24, 2.45) is 0 Å². The summed E-state index contributed by atoms with van der Waals surface area (Å²) in [7, 11) is 0. The Morgan fingerprint density at radius 1 is 1.15 bits per heavy atom. The van der Waals surface area contributed by atoms with Crippen LogP contribution in [0.2, 0.25) is 0 Å². The van der Waals surface area contributed by atoms with Gasteiger partial charge in [0.25, 0.3) is 5.91 Å². The van der Waals surface area contributed by atoms with Gasteiger partial charge in [0.1, 0.15) is 5.82 Å². The van der Waals surface area contributed by atoms with Crippen molar-refractivity contribution in [3.05, 3.63) is 65.7 Å². The van der Waals surface area contributed by atoms with Gasteiger partial charge in [-0.05, 0) is 12.1 Å². The number of nitrogens with zero attached hydrogens (tertiary/aromatic N) is 4. The molecule has 0 unspecified atom stereocenters. The summed E-state index contributed by atoms with van der Waals surface area (Å²) < 4.78 is 5.29. The minimum atomic E-state index is -0.0761. The highest BCUT2D eigenvalue weighted by Gasteiger charge is 2.25. The molecule has 1 amide bonds. The predicted molar refractivity (Wildman–Crippen MR) is 101 cm³/mol. The van der Waals surface area contributed by atoms with Crippen molar-refractivity contribution in [2.75, 3.05) is 6.54 Å². The molecule has 0 bridgehead atoms. The van der Waals surface area contributed by atoms with E-state index in [-0.39, 0.29) is 11.3 Å². The molecule has 0 atom stereocenters. The number of oxazole rings is 1. The molecule has 1 aliphatic heterocycles. The molecule has 0 saturated heterocycles. The van der Waals surface area contributed by atoms with Gasteiger partial charge in [0.15, 0.2) is 12.2 Å². The maximum Gasteiger partial charge on any atom is 0.254 e. The summed E-state index contributed by atoms with van der Waals surface area (Å²) in [6.07, 6.45) is 5.68. The van der Waals surface area contributed by atoms with E-state index in [0.717, 1.165) is 29.1 Å². The fourth-order valence-electron chi connectivity index (χ4n) is 3.17. The Bertz CT molecular complexity index is 957. The summed E-state index contributed by atoms with van der Waals surface area (Å²) in [5.74, 6) is 1.56. The van der Waals surface area contributed by atoms with Crippen LogP contribution in [0.1, 0.15) is 48.2 Å². The molecule has 3 aromatic rings. The highest BCUT2D eigenvalue weighted by molar-refractivity contribution is 5.94. The third kappa shape index (κ3) is 3.47. The molecule has 0 spiro atoms. The zero-order valence-electron chi connectivity index (χ0n) is 15.8. The van der Waals surface area contributed by atoms with Crippen LogP contribution in [0, 0.1) is 0 Å². The van der Waals surface area contributed by atoms with Gasteiger partial charge in [0.2, 0.25) is 0 Å². The van der Waals surface area contributed by atoms with Crippen LogP contribution in [-0.2, 0) is 18.4 Å². The molecule has 0 fully saturated rings. The van der Waals surface area contributed by atoms with Gasteiger partial charge < -0.3 is 9.32 Å². The molecule has 27 heavy (non-hydrogen) atoms. The first-order chi connectivity index (χ1) is 12.9. The second-order valence-electron chi connectivity index (χ2n) is 7.84. The first kappa shape index (κ1) is 17.4. The van der Waals surface area contributed by atoms with Crippen molar-refractivity contribution in [1.29, 1.82) is 0 Å². The van der Waals surface area contributed by atoms with Gasteiger partial charge in [-0.15, -0.1) is 0 Å². The quantitative estimate of drug-likeness (QED) is 0.696. The Balaban J connectivity index is 1.51. The topological polar surface area (TPSA) is 72.1 Å². The lowest BCUT2D eigenvalue weighted by atomic mass is 9.95. The van der Waals surface area contributed by atoms with Gasteiger partial charge >= 0.3 is 0 Å². The molecule has 4 rings (SSSR count). The monoisotopic (exact) mass is 362 g/mol. The highest BCUT2D eigenvalue weighted by atomic mass is 16.3. The number of rotatable bonds is 2. The maximum atomic E-state index is 12.9. The van der Waals surface area contributed by atoms with E-state index < -0.39 is 0 Å². The molecule has 6 heteroatoms. The molecule has 3 heterocycles. The maximum absolute atomic E-state index is 12.9. The van der Waals surface area contributed by atoms with E-state index in [1.54, 1.807) is 6.20 Å². The van der Waals surface area contributed by atoms with E-state index in [1.165, 1.54) is 6.39 Å². The van der Waals surface area contributed by atoms with Crippen LogP contribution in [0.25, 0.3) is 11.3 Å². The van der Waals surface area contributed by atoms with Crippen molar-refractivity contribution < 1.29 is 9.21 Å². The lowest BCUT2D eigenvalue weighted by Gasteiger charge is -2.29. The Morgan fingerprint density at radius 3 is 2.59 bits per heavy atom. The van der Waals surface area contributed by atoms with Crippen molar-refractivity contribution >= 4 is 5.91 Å². The average Bonchev–Trinajstić information content (AvgIpc) is 3.21. The molecule has 0 N–H and O–H groups in total. The van der Waals surface area contributed by atoms with Crippen molar-refractivity contribution in [2.45, 2.75) is 39.2 Å². The Morgan fingerprint density at radius 2 is 1.93 bits per heavy atom. The lowest BCUT2D eigenvalue weighted by molar-refractivity contribution is 0.0733. The smallest absolute Gasteiger partial charge is 0.254 e. The number of benzene rings is 1. The minimum Gasteiger partial charge on any atom is -0.444 e. The van der Waals surface area contributed by atoms with Crippen LogP contribution in [-0.4, -0.2) is 32.3 Å². The first-order valence-electron chi connectivity index (χ1n) is 9.05. The Kier molecular flexibility index (Phi) is 4.26. The average molecular weight is 362 g/mol. The fraction of sp³-hybridized carbons (Fsp3) is 0.333. The number of carbonyl (C=O) groups is 1. The molecule has 138 valence electrons. The molecule has 6 nitrogen and oxygen atoms in total. The van der Waals surface area contributed by atoms with Crippen molar-refractivity contribution in [3.63, 3.8) is 0 Å². The molecule has 2 aromatic heterocycles. The molecule has 0 saturated carbocycles. The van der Waals surface area contributed by atoms with Crippen LogP contribution < -0.4 is 0 Å². The van der Waals surface area contributed by atoms with Gasteiger partial charge in [0, 0.05) is 47.8 Å². The largest absolute Gasteiger partial charge is 0.444 e. The van der Waals surface area contributed by atoms with Gasteiger partial charge in [-0.25, -0.2) is 15.0 Å². The van der Waals surface area contributed by atoms with E-state index in [1.807, 2.05) is 35.4 Å². The summed E-state index contributed by atoms with van der Waals surface area (Å²) in [6, 6.07) is 7.42. The van der Waals surface area contributed by atoms with E-state index in [4.69, 9.17) is 9.40 Å². The lowest BCUT2D eigenvalue weighted by Crippen LogP contribution is -2.37. The second kappa shape index (κ2) is 6.61. The third-order valence-corrected chi connectivity index (χ3v) is 4.74. The molecule has 1 aliphatic rings. The van der Waals surface area contributed by atoms with E-state index in [0.29, 0.717) is 24.4 Å². The number of fused-ring (bicyclic) bond motifs is 1. The van der Waals surface area contributed by atoms with Gasteiger partial charge in [-0.2, -0.15) is 0 Å². The minimum absolute atomic E-state index is 0.0182.